The Kier molecular flexibility index (Phi) is 3.28. The molecule has 20 heavy (non-hydrogen) atoms. The molecule has 0 aliphatic heterocycles. The van der Waals surface area contributed by atoms with Crippen molar-refractivity contribution in [2.45, 2.75) is 26.8 Å². The average Bonchev–Trinajstić information content (AvgIpc) is 2.85. The van der Waals surface area contributed by atoms with Crippen molar-refractivity contribution in [2.75, 3.05) is 0 Å². The van der Waals surface area contributed by atoms with E-state index in [1.165, 1.54) is 16.7 Å². The van der Waals surface area contributed by atoms with Crippen molar-refractivity contribution >= 4 is 11.0 Å². The number of para-hydroxylation sites is 1. The van der Waals surface area contributed by atoms with E-state index < -0.39 is 0 Å². The summed E-state index contributed by atoms with van der Waals surface area (Å²) in [6.45, 7) is 4.78. The molecule has 0 saturated carbocycles. The van der Waals surface area contributed by atoms with Crippen molar-refractivity contribution in [3.05, 3.63) is 64.5 Å². The Morgan fingerprint density at radius 3 is 2.75 bits per heavy atom. The molecule has 0 radical (unpaired) electrons. The molecule has 0 atom stereocenters. The second kappa shape index (κ2) is 5.10. The molecule has 1 aromatic heterocycles. The van der Waals surface area contributed by atoms with Crippen molar-refractivity contribution < 1.29 is 0 Å². The summed E-state index contributed by atoms with van der Waals surface area (Å²) in [5.74, 6) is 0.995. The summed E-state index contributed by atoms with van der Waals surface area (Å²) in [7, 11) is 0. The third kappa shape index (κ3) is 2.32. The molecule has 0 bridgehead atoms. The maximum absolute atomic E-state index is 5.77. The molecule has 0 spiro atoms. The third-order valence-electron chi connectivity index (χ3n) is 3.73. The van der Waals surface area contributed by atoms with Gasteiger partial charge in [0.2, 0.25) is 0 Å². The molecule has 102 valence electrons. The molecule has 3 N–H and O–H groups in total. The van der Waals surface area contributed by atoms with Gasteiger partial charge in [-0.1, -0.05) is 35.9 Å². The molecule has 0 aliphatic rings. The smallest absolute Gasteiger partial charge is 0.111 e. The van der Waals surface area contributed by atoms with E-state index in [0.717, 1.165) is 28.8 Å². The fraction of sp³-hybridized carbons (Fsp3) is 0.235. The Balaban J connectivity index is 2.01. The van der Waals surface area contributed by atoms with Gasteiger partial charge < -0.3 is 10.7 Å². The van der Waals surface area contributed by atoms with Crippen LogP contribution in [-0.2, 0) is 13.0 Å². The quantitative estimate of drug-likeness (QED) is 0.764. The predicted molar refractivity (Wildman–Crippen MR) is 82.7 cm³/mol. The highest BCUT2D eigenvalue weighted by atomic mass is 14.9. The Morgan fingerprint density at radius 2 is 1.95 bits per heavy atom. The minimum atomic E-state index is 0.519. The first-order valence-corrected chi connectivity index (χ1v) is 6.90. The van der Waals surface area contributed by atoms with Crippen LogP contribution in [0.2, 0.25) is 0 Å². The molecule has 0 amide bonds. The largest absolute Gasteiger partial charge is 0.342 e. The van der Waals surface area contributed by atoms with E-state index in [-0.39, 0.29) is 0 Å². The Hall–Kier alpha value is -2.13. The number of H-pyrrole nitrogens is 1. The van der Waals surface area contributed by atoms with Gasteiger partial charge in [0.15, 0.2) is 0 Å². The molecule has 3 nitrogen and oxygen atoms in total. The van der Waals surface area contributed by atoms with E-state index in [0.29, 0.717) is 6.54 Å². The van der Waals surface area contributed by atoms with Gasteiger partial charge >= 0.3 is 0 Å². The lowest BCUT2D eigenvalue weighted by atomic mass is 10.0. The lowest BCUT2D eigenvalue weighted by molar-refractivity contribution is 1.02. The zero-order chi connectivity index (χ0) is 14.1. The van der Waals surface area contributed by atoms with Crippen LogP contribution < -0.4 is 5.73 Å². The fourth-order valence-corrected chi connectivity index (χ4v) is 2.56. The summed E-state index contributed by atoms with van der Waals surface area (Å²) in [5, 5.41) is 0. The zero-order valence-corrected chi connectivity index (χ0v) is 11.9. The second-order valence-electron chi connectivity index (χ2n) is 5.31. The maximum atomic E-state index is 5.77. The van der Waals surface area contributed by atoms with E-state index in [9.17, 15) is 0 Å². The van der Waals surface area contributed by atoms with Crippen LogP contribution in [0.3, 0.4) is 0 Å². The van der Waals surface area contributed by atoms with Crippen molar-refractivity contribution in [3.63, 3.8) is 0 Å². The number of hydrogen-bond donors (Lipinski definition) is 2. The molecule has 0 aliphatic carbocycles. The van der Waals surface area contributed by atoms with E-state index in [2.05, 4.69) is 37.0 Å². The number of hydrogen-bond acceptors (Lipinski definition) is 2. The Bertz CT molecular complexity index is 756. The number of fused-ring (bicyclic) bond motifs is 1. The van der Waals surface area contributed by atoms with Gasteiger partial charge in [-0.2, -0.15) is 0 Å². The minimum Gasteiger partial charge on any atom is -0.342 e. The summed E-state index contributed by atoms with van der Waals surface area (Å²) in [5.41, 5.74) is 12.8. The molecule has 0 saturated heterocycles. The number of nitrogens with two attached hydrogens (primary N) is 1. The first-order valence-electron chi connectivity index (χ1n) is 6.90. The minimum absolute atomic E-state index is 0.519. The van der Waals surface area contributed by atoms with Crippen molar-refractivity contribution in [1.29, 1.82) is 0 Å². The van der Waals surface area contributed by atoms with Crippen LogP contribution in [0.1, 0.15) is 28.1 Å². The SMILES string of the molecule is Cc1ccc(C)c(Cc2nc3c(CN)cccc3[nH]2)c1. The van der Waals surface area contributed by atoms with Gasteiger partial charge in [-0.05, 0) is 36.6 Å². The first-order chi connectivity index (χ1) is 9.67. The van der Waals surface area contributed by atoms with Crippen LogP contribution in [0.15, 0.2) is 36.4 Å². The number of aryl methyl sites for hydroxylation is 2. The highest BCUT2D eigenvalue weighted by Gasteiger charge is 2.08. The van der Waals surface area contributed by atoms with Gasteiger partial charge in [0, 0.05) is 13.0 Å². The molecule has 2 aromatic carbocycles. The number of benzene rings is 2. The number of rotatable bonds is 3. The monoisotopic (exact) mass is 265 g/mol. The molecule has 3 rings (SSSR count). The van der Waals surface area contributed by atoms with Crippen LogP contribution in [-0.4, -0.2) is 9.97 Å². The topological polar surface area (TPSA) is 54.7 Å². The van der Waals surface area contributed by atoms with Crippen LogP contribution in [0.25, 0.3) is 11.0 Å². The second-order valence-corrected chi connectivity index (χ2v) is 5.31. The third-order valence-corrected chi connectivity index (χ3v) is 3.73. The highest BCUT2D eigenvalue weighted by molar-refractivity contribution is 5.78. The Labute approximate surface area is 118 Å². The summed E-state index contributed by atoms with van der Waals surface area (Å²) >= 11 is 0. The zero-order valence-electron chi connectivity index (χ0n) is 11.9. The van der Waals surface area contributed by atoms with Gasteiger partial charge in [0.1, 0.15) is 5.82 Å². The van der Waals surface area contributed by atoms with Gasteiger partial charge in [-0.3, -0.25) is 0 Å². The van der Waals surface area contributed by atoms with Gasteiger partial charge in [-0.15, -0.1) is 0 Å². The maximum Gasteiger partial charge on any atom is 0.111 e. The summed E-state index contributed by atoms with van der Waals surface area (Å²) in [4.78, 5) is 8.11. The molecule has 0 fully saturated rings. The molecule has 1 heterocycles. The molecule has 3 heteroatoms. The first kappa shape index (κ1) is 12.9. The number of nitrogens with zero attached hydrogens (tertiary/aromatic N) is 1. The average molecular weight is 265 g/mol. The van der Waals surface area contributed by atoms with Crippen LogP contribution in [0.5, 0.6) is 0 Å². The lowest BCUT2D eigenvalue weighted by Crippen LogP contribution is -1.97. The summed E-state index contributed by atoms with van der Waals surface area (Å²) in [6, 6.07) is 12.6. The van der Waals surface area contributed by atoms with E-state index >= 15 is 0 Å². The van der Waals surface area contributed by atoms with Crippen LogP contribution in [0.4, 0.5) is 0 Å². The van der Waals surface area contributed by atoms with Crippen LogP contribution >= 0.6 is 0 Å². The number of imidazole rings is 1. The highest BCUT2D eigenvalue weighted by Crippen LogP contribution is 2.19. The summed E-state index contributed by atoms with van der Waals surface area (Å²) < 4.78 is 0. The van der Waals surface area contributed by atoms with E-state index in [1.54, 1.807) is 0 Å². The fourth-order valence-electron chi connectivity index (χ4n) is 2.56. The van der Waals surface area contributed by atoms with E-state index in [1.807, 2.05) is 18.2 Å². The van der Waals surface area contributed by atoms with Gasteiger partial charge in [0.25, 0.3) is 0 Å². The summed E-state index contributed by atoms with van der Waals surface area (Å²) in [6.07, 6.45) is 0.826. The van der Waals surface area contributed by atoms with Gasteiger partial charge in [-0.25, -0.2) is 4.98 Å². The van der Waals surface area contributed by atoms with Crippen molar-refractivity contribution in [1.82, 2.24) is 9.97 Å². The predicted octanol–water partition coefficient (Wildman–Crippen LogP) is 3.23. The lowest BCUT2D eigenvalue weighted by Gasteiger charge is -2.04. The number of aromatic nitrogens is 2. The van der Waals surface area contributed by atoms with Crippen molar-refractivity contribution in [2.24, 2.45) is 5.73 Å². The normalized spacial score (nSPS) is 11.2. The molecule has 0 unspecified atom stereocenters. The van der Waals surface area contributed by atoms with Crippen LogP contribution in [0, 0.1) is 13.8 Å². The van der Waals surface area contributed by atoms with E-state index in [4.69, 9.17) is 10.7 Å². The number of nitrogens with one attached hydrogen (secondary N) is 1. The number of aromatic amines is 1. The molecule has 3 aromatic rings. The molecular formula is C17H19N3. The Morgan fingerprint density at radius 1 is 1.10 bits per heavy atom. The molecular weight excluding hydrogens is 246 g/mol. The standard InChI is InChI=1S/C17H19N3/c1-11-6-7-12(2)14(8-11)9-16-19-15-5-3-4-13(10-18)17(15)20-16/h3-8H,9-10,18H2,1-2H3,(H,19,20). The van der Waals surface area contributed by atoms with Gasteiger partial charge in [0.05, 0.1) is 11.0 Å². The van der Waals surface area contributed by atoms with Crippen molar-refractivity contribution in [3.8, 4) is 0 Å².